The lowest BCUT2D eigenvalue weighted by atomic mass is 10.2. The molecule has 0 aromatic heterocycles. The summed E-state index contributed by atoms with van der Waals surface area (Å²) < 4.78 is 0. The number of anilines is 1. The minimum absolute atomic E-state index is 0.136. The molecule has 0 unspecified atom stereocenters. The van der Waals surface area contributed by atoms with Gasteiger partial charge in [0.15, 0.2) is 5.11 Å². The van der Waals surface area contributed by atoms with E-state index in [1.165, 1.54) is 0 Å². The van der Waals surface area contributed by atoms with Gasteiger partial charge in [0, 0.05) is 21.8 Å². The number of primary amides is 1. The fourth-order valence-corrected chi connectivity index (χ4v) is 2.09. The van der Waals surface area contributed by atoms with E-state index in [-0.39, 0.29) is 11.0 Å². The van der Waals surface area contributed by atoms with Crippen molar-refractivity contribution in [1.82, 2.24) is 5.32 Å². The Balaban J connectivity index is 1.98. The van der Waals surface area contributed by atoms with Crippen molar-refractivity contribution < 1.29 is 9.59 Å². The van der Waals surface area contributed by atoms with Crippen LogP contribution in [0.3, 0.4) is 0 Å². The zero-order valence-corrected chi connectivity index (χ0v) is 12.9. The number of benzene rings is 2. The van der Waals surface area contributed by atoms with Gasteiger partial charge in [-0.05, 0) is 54.7 Å². The monoisotopic (exact) mass is 333 g/mol. The molecule has 0 aliphatic rings. The number of rotatable bonds is 3. The fourth-order valence-electron chi connectivity index (χ4n) is 1.69. The first kappa shape index (κ1) is 15.9. The fraction of sp³-hybridized carbons (Fsp3) is 0. The molecule has 2 aromatic rings. The Labute approximate surface area is 137 Å². The highest BCUT2D eigenvalue weighted by Crippen LogP contribution is 2.11. The van der Waals surface area contributed by atoms with Gasteiger partial charge in [-0.15, -0.1) is 0 Å². The van der Waals surface area contributed by atoms with Crippen molar-refractivity contribution in [2.75, 3.05) is 5.32 Å². The van der Waals surface area contributed by atoms with E-state index in [0.29, 0.717) is 21.8 Å². The van der Waals surface area contributed by atoms with Gasteiger partial charge in [0.1, 0.15) is 0 Å². The Morgan fingerprint density at radius 3 is 2.32 bits per heavy atom. The summed E-state index contributed by atoms with van der Waals surface area (Å²) in [6.45, 7) is 0. The number of hydrogen-bond donors (Lipinski definition) is 3. The van der Waals surface area contributed by atoms with Crippen molar-refractivity contribution in [3.05, 3.63) is 64.7 Å². The molecule has 0 saturated carbocycles. The molecular weight excluding hydrogens is 322 g/mol. The summed E-state index contributed by atoms with van der Waals surface area (Å²) in [7, 11) is 0. The van der Waals surface area contributed by atoms with E-state index in [1.807, 2.05) is 0 Å². The van der Waals surface area contributed by atoms with E-state index in [9.17, 15) is 9.59 Å². The largest absolute Gasteiger partial charge is 0.366 e. The second-order valence-electron chi connectivity index (χ2n) is 4.36. The number of hydrogen-bond acceptors (Lipinski definition) is 3. The van der Waals surface area contributed by atoms with Crippen LogP contribution >= 0.6 is 23.8 Å². The summed E-state index contributed by atoms with van der Waals surface area (Å²) >= 11 is 10.9. The first-order valence-electron chi connectivity index (χ1n) is 6.23. The van der Waals surface area contributed by atoms with Crippen LogP contribution in [0.4, 0.5) is 5.69 Å². The lowest BCUT2D eigenvalue weighted by Gasteiger charge is -2.10. The normalized spacial score (nSPS) is 9.86. The van der Waals surface area contributed by atoms with Crippen LogP contribution < -0.4 is 16.4 Å². The van der Waals surface area contributed by atoms with Crippen LogP contribution in [0.25, 0.3) is 0 Å². The molecule has 112 valence electrons. The maximum absolute atomic E-state index is 12.0. The Hall–Kier alpha value is -2.44. The van der Waals surface area contributed by atoms with Gasteiger partial charge in [0.05, 0.1) is 0 Å². The zero-order chi connectivity index (χ0) is 16.1. The third-order valence-corrected chi connectivity index (χ3v) is 3.18. The van der Waals surface area contributed by atoms with Crippen LogP contribution in [-0.2, 0) is 0 Å². The number of thiocarbonyl (C=S) groups is 1. The van der Waals surface area contributed by atoms with Gasteiger partial charge in [-0.3, -0.25) is 14.9 Å². The molecule has 5 nitrogen and oxygen atoms in total. The number of nitrogens with one attached hydrogen (secondary N) is 2. The number of halogens is 1. The number of carbonyl (C=O) groups excluding carboxylic acids is 2. The topological polar surface area (TPSA) is 84.2 Å². The van der Waals surface area contributed by atoms with Crippen LogP contribution in [0.1, 0.15) is 20.7 Å². The maximum atomic E-state index is 12.0. The lowest BCUT2D eigenvalue weighted by Crippen LogP contribution is -2.34. The number of nitrogens with two attached hydrogens (primary N) is 1. The Morgan fingerprint density at radius 2 is 1.73 bits per heavy atom. The van der Waals surface area contributed by atoms with E-state index in [2.05, 4.69) is 10.6 Å². The highest BCUT2D eigenvalue weighted by Gasteiger charge is 2.08. The molecule has 2 aromatic carbocycles. The standard InChI is InChI=1S/C15H12ClN3O2S/c16-11-3-1-2-10(8-11)14(21)19-15(22)18-12-6-4-9(5-7-12)13(17)20/h1-8H,(H2,17,20)(H2,18,19,21,22). The molecule has 2 amide bonds. The van der Waals surface area contributed by atoms with E-state index in [4.69, 9.17) is 29.6 Å². The molecule has 0 radical (unpaired) electrons. The Morgan fingerprint density at radius 1 is 1.05 bits per heavy atom. The van der Waals surface area contributed by atoms with Crippen LogP contribution in [-0.4, -0.2) is 16.9 Å². The van der Waals surface area contributed by atoms with E-state index >= 15 is 0 Å². The molecule has 22 heavy (non-hydrogen) atoms. The van der Waals surface area contributed by atoms with Crippen molar-refractivity contribution in [2.45, 2.75) is 0 Å². The van der Waals surface area contributed by atoms with Crippen LogP contribution in [0.2, 0.25) is 5.02 Å². The van der Waals surface area contributed by atoms with E-state index in [1.54, 1.807) is 48.5 Å². The molecule has 0 aliphatic carbocycles. The van der Waals surface area contributed by atoms with Crippen molar-refractivity contribution in [3.8, 4) is 0 Å². The summed E-state index contributed by atoms with van der Waals surface area (Å²) in [5, 5.41) is 5.98. The SMILES string of the molecule is NC(=O)c1ccc(NC(=S)NC(=O)c2cccc(Cl)c2)cc1. The van der Waals surface area contributed by atoms with Gasteiger partial charge in [-0.2, -0.15) is 0 Å². The van der Waals surface area contributed by atoms with Crippen molar-refractivity contribution in [1.29, 1.82) is 0 Å². The molecule has 0 bridgehead atoms. The molecule has 7 heteroatoms. The van der Waals surface area contributed by atoms with Crippen LogP contribution in [0, 0.1) is 0 Å². The number of amides is 2. The van der Waals surface area contributed by atoms with Gasteiger partial charge < -0.3 is 11.1 Å². The Kier molecular flexibility index (Phi) is 5.08. The quantitative estimate of drug-likeness (QED) is 0.754. The zero-order valence-electron chi connectivity index (χ0n) is 11.3. The molecule has 0 heterocycles. The number of carbonyl (C=O) groups is 2. The summed E-state index contributed by atoms with van der Waals surface area (Å²) in [4.78, 5) is 23.0. The highest BCUT2D eigenvalue weighted by molar-refractivity contribution is 7.80. The third kappa shape index (κ3) is 4.28. The first-order valence-corrected chi connectivity index (χ1v) is 7.02. The second-order valence-corrected chi connectivity index (χ2v) is 5.20. The minimum Gasteiger partial charge on any atom is -0.366 e. The van der Waals surface area contributed by atoms with Gasteiger partial charge in [-0.25, -0.2) is 0 Å². The van der Waals surface area contributed by atoms with Crippen molar-refractivity contribution >= 4 is 46.4 Å². The summed E-state index contributed by atoms with van der Waals surface area (Å²) in [6.07, 6.45) is 0. The summed E-state index contributed by atoms with van der Waals surface area (Å²) in [6, 6.07) is 12.9. The molecule has 0 saturated heterocycles. The summed E-state index contributed by atoms with van der Waals surface area (Å²) in [5.41, 5.74) is 6.57. The molecule has 0 atom stereocenters. The molecule has 2 rings (SSSR count). The van der Waals surface area contributed by atoms with Gasteiger partial charge in [0.25, 0.3) is 5.91 Å². The predicted octanol–water partition coefficient (Wildman–Crippen LogP) is 2.57. The average Bonchev–Trinajstić information content (AvgIpc) is 2.47. The van der Waals surface area contributed by atoms with Gasteiger partial charge >= 0.3 is 0 Å². The van der Waals surface area contributed by atoms with Gasteiger partial charge in [-0.1, -0.05) is 17.7 Å². The molecule has 0 fully saturated rings. The smallest absolute Gasteiger partial charge is 0.257 e. The van der Waals surface area contributed by atoms with Crippen LogP contribution in [0.5, 0.6) is 0 Å². The van der Waals surface area contributed by atoms with Crippen molar-refractivity contribution in [2.24, 2.45) is 5.73 Å². The third-order valence-electron chi connectivity index (χ3n) is 2.74. The molecular formula is C15H12ClN3O2S. The van der Waals surface area contributed by atoms with E-state index < -0.39 is 5.91 Å². The highest BCUT2D eigenvalue weighted by atomic mass is 35.5. The Bertz CT molecular complexity index is 732. The average molecular weight is 334 g/mol. The minimum atomic E-state index is -0.511. The van der Waals surface area contributed by atoms with Crippen LogP contribution in [0.15, 0.2) is 48.5 Å². The lowest BCUT2D eigenvalue weighted by molar-refractivity contribution is 0.0975. The van der Waals surface area contributed by atoms with Crippen molar-refractivity contribution in [3.63, 3.8) is 0 Å². The van der Waals surface area contributed by atoms with E-state index in [0.717, 1.165) is 0 Å². The van der Waals surface area contributed by atoms with Gasteiger partial charge in [0.2, 0.25) is 5.91 Å². The molecule has 0 aliphatic heterocycles. The second kappa shape index (κ2) is 7.02. The first-order chi connectivity index (χ1) is 10.5. The predicted molar refractivity (Wildman–Crippen MR) is 90.1 cm³/mol. The summed E-state index contributed by atoms with van der Waals surface area (Å²) in [5.74, 6) is -0.878. The molecule has 0 spiro atoms. The molecule has 4 N–H and O–H groups in total. The maximum Gasteiger partial charge on any atom is 0.257 e.